The standard InChI is InChI=1S/C35H44FN5O4S/c1-25-5-7-26(8-6-25)24-40-19-15-28(16-20-40)38-33(42)27-9-14-32(37-23-27)34(43)41-21-17-30(18-22-41)44-29-10-12-31(13-11-29)45-46-39(4)35(2,3)36/h5-14,23,28,30H,15-22,24H2,1-4H3,(H,38,42). The molecule has 2 saturated heterocycles. The molecule has 3 aromatic rings. The second-order valence-electron chi connectivity index (χ2n) is 12.6. The van der Waals surface area contributed by atoms with E-state index in [4.69, 9.17) is 8.92 Å². The lowest BCUT2D eigenvalue weighted by Crippen LogP contribution is -2.44. The molecule has 0 bridgehead atoms. The molecule has 1 N–H and O–H groups in total. The predicted octanol–water partition coefficient (Wildman–Crippen LogP) is 6.05. The molecule has 2 amide bonds. The van der Waals surface area contributed by atoms with Crippen LogP contribution < -0.4 is 14.2 Å². The molecule has 0 unspecified atom stereocenters. The van der Waals surface area contributed by atoms with Gasteiger partial charge in [-0.05, 0) is 75.6 Å². The number of halogens is 1. The van der Waals surface area contributed by atoms with Crippen molar-refractivity contribution in [3.05, 3.63) is 89.2 Å². The Morgan fingerprint density at radius 1 is 0.957 bits per heavy atom. The average Bonchev–Trinajstić information content (AvgIpc) is 3.06. The summed E-state index contributed by atoms with van der Waals surface area (Å²) in [5.74, 6) is -0.493. The van der Waals surface area contributed by atoms with Crippen LogP contribution in [0.2, 0.25) is 0 Å². The van der Waals surface area contributed by atoms with E-state index in [1.165, 1.54) is 35.5 Å². The number of carbonyl (C=O) groups excluding carboxylic acids is 2. The fourth-order valence-corrected chi connectivity index (χ4v) is 5.89. The van der Waals surface area contributed by atoms with Crippen LogP contribution >= 0.6 is 12.2 Å². The number of nitrogens with zero attached hydrogens (tertiary/aromatic N) is 4. The van der Waals surface area contributed by atoms with Crippen molar-refractivity contribution in [2.45, 2.75) is 70.9 Å². The van der Waals surface area contributed by atoms with Gasteiger partial charge >= 0.3 is 0 Å². The number of piperidine rings is 2. The molecule has 9 nitrogen and oxygen atoms in total. The quantitative estimate of drug-likeness (QED) is 0.153. The van der Waals surface area contributed by atoms with Gasteiger partial charge in [-0.2, -0.15) is 4.31 Å². The first-order valence-corrected chi connectivity index (χ1v) is 16.6. The summed E-state index contributed by atoms with van der Waals surface area (Å²) < 4.78 is 27.0. The van der Waals surface area contributed by atoms with Gasteiger partial charge in [0.2, 0.25) is 0 Å². The van der Waals surface area contributed by atoms with Crippen molar-refractivity contribution < 1.29 is 22.9 Å². The summed E-state index contributed by atoms with van der Waals surface area (Å²) in [4.78, 5) is 34.6. The number of carbonyl (C=O) groups is 2. The molecule has 11 heteroatoms. The first kappa shape index (κ1) is 33.7. The molecule has 2 aliphatic rings. The SMILES string of the molecule is Cc1ccc(CN2CCC(NC(=O)c3ccc(C(=O)N4CCC(Oc5ccc(OSN(C)C(C)(C)F)cc5)CC4)nc3)CC2)cc1. The molecule has 0 aliphatic carbocycles. The zero-order valence-electron chi connectivity index (χ0n) is 27.1. The van der Waals surface area contributed by atoms with Crippen molar-refractivity contribution >= 4 is 24.0 Å². The molecular weight excluding hydrogens is 605 g/mol. The van der Waals surface area contributed by atoms with E-state index in [1.54, 1.807) is 36.2 Å². The first-order chi connectivity index (χ1) is 22.0. The minimum absolute atomic E-state index is 0.0165. The highest BCUT2D eigenvalue weighted by Gasteiger charge is 2.27. The number of pyridine rings is 1. The number of alkyl halides is 1. The summed E-state index contributed by atoms with van der Waals surface area (Å²) in [5, 5.41) is 3.14. The topological polar surface area (TPSA) is 87.2 Å². The third kappa shape index (κ3) is 9.43. The highest BCUT2D eigenvalue weighted by molar-refractivity contribution is 7.92. The lowest BCUT2D eigenvalue weighted by Gasteiger charge is -2.32. The number of aryl methyl sites for hydroxylation is 1. The van der Waals surface area contributed by atoms with Crippen LogP contribution in [0.15, 0.2) is 66.9 Å². The van der Waals surface area contributed by atoms with Crippen LogP contribution in [-0.4, -0.2) is 82.1 Å². The molecule has 2 fully saturated rings. The van der Waals surface area contributed by atoms with Gasteiger partial charge in [0.05, 0.1) is 5.56 Å². The second kappa shape index (κ2) is 15.3. The summed E-state index contributed by atoms with van der Waals surface area (Å²) in [7, 11) is 1.63. The van der Waals surface area contributed by atoms with E-state index in [0.717, 1.165) is 44.7 Å². The lowest BCUT2D eigenvalue weighted by atomic mass is 10.0. The minimum atomic E-state index is -1.50. The van der Waals surface area contributed by atoms with E-state index in [0.29, 0.717) is 48.7 Å². The molecule has 0 atom stereocenters. The number of nitrogens with one attached hydrogen (secondary N) is 1. The number of hydrogen-bond donors (Lipinski definition) is 1. The molecule has 0 saturated carbocycles. The molecular formula is C35H44FN5O4S. The number of amides is 2. The smallest absolute Gasteiger partial charge is 0.272 e. The molecule has 246 valence electrons. The van der Waals surface area contributed by atoms with E-state index >= 15 is 0 Å². The van der Waals surface area contributed by atoms with Gasteiger partial charge in [-0.3, -0.25) is 19.5 Å². The predicted molar refractivity (Wildman–Crippen MR) is 178 cm³/mol. The second-order valence-corrected chi connectivity index (χ2v) is 13.5. The Morgan fingerprint density at radius 2 is 1.61 bits per heavy atom. The first-order valence-electron chi connectivity index (χ1n) is 15.9. The zero-order chi connectivity index (χ0) is 32.7. The van der Waals surface area contributed by atoms with E-state index < -0.39 is 5.79 Å². The number of aromatic nitrogens is 1. The summed E-state index contributed by atoms with van der Waals surface area (Å²) in [5.41, 5.74) is 3.36. The monoisotopic (exact) mass is 649 g/mol. The van der Waals surface area contributed by atoms with E-state index in [1.807, 2.05) is 12.1 Å². The molecule has 0 radical (unpaired) electrons. The molecule has 0 spiro atoms. The van der Waals surface area contributed by atoms with Gasteiger partial charge in [0.1, 0.15) is 35.5 Å². The van der Waals surface area contributed by atoms with Crippen molar-refractivity contribution in [3.8, 4) is 11.5 Å². The molecule has 2 aliphatic heterocycles. The van der Waals surface area contributed by atoms with Crippen molar-refractivity contribution in [2.24, 2.45) is 0 Å². The van der Waals surface area contributed by atoms with Crippen LogP contribution in [-0.2, 0) is 6.54 Å². The molecule has 3 heterocycles. The third-order valence-corrected chi connectivity index (χ3v) is 9.47. The number of benzene rings is 2. The lowest BCUT2D eigenvalue weighted by molar-refractivity contribution is 0.0589. The Labute approximate surface area is 275 Å². The van der Waals surface area contributed by atoms with Crippen molar-refractivity contribution in [2.75, 3.05) is 33.2 Å². The van der Waals surface area contributed by atoms with Gasteiger partial charge in [0.25, 0.3) is 11.8 Å². The Hall–Kier alpha value is -3.67. The Balaban J connectivity index is 1.02. The van der Waals surface area contributed by atoms with Crippen LogP contribution in [0.25, 0.3) is 0 Å². The fraction of sp³-hybridized carbons (Fsp3) is 0.457. The van der Waals surface area contributed by atoms with Gasteiger partial charge in [-0.1, -0.05) is 29.8 Å². The average molecular weight is 650 g/mol. The van der Waals surface area contributed by atoms with Gasteiger partial charge < -0.3 is 19.1 Å². The molecule has 2 aromatic carbocycles. The maximum Gasteiger partial charge on any atom is 0.272 e. The summed E-state index contributed by atoms with van der Waals surface area (Å²) in [6.07, 6.45) is 4.67. The maximum absolute atomic E-state index is 13.9. The largest absolute Gasteiger partial charge is 0.490 e. The minimum Gasteiger partial charge on any atom is -0.490 e. The van der Waals surface area contributed by atoms with Crippen LogP contribution in [0.3, 0.4) is 0 Å². The summed E-state index contributed by atoms with van der Waals surface area (Å²) >= 11 is 0.942. The van der Waals surface area contributed by atoms with Gasteiger partial charge in [-0.15, -0.1) is 0 Å². The maximum atomic E-state index is 13.9. The summed E-state index contributed by atoms with van der Waals surface area (Å²) in [6, 6.07) is 19.3. The van der Waals surface area contributed by atoms with Crippen molar-refractivity contribution in [1.82, 2.24) is 24.4 Å². The highest BCUT2D eigenvalue weighted by atomic mass is 32.2. The van der Waals surface area contributed by atoms with Gasteiger partial charge in [-0.25, -0.2) is 4.39 Å². The van der Waals surface area contributed by atoms with Crippen LogP contribution in [0.5, 0.6) is 11.5 Å². The molecule has 5 rings (SSSR count). The third-order valence-electron chi connectivity index (χ3n) is 8.54. The van der Waals surface area contributed by atoms with E-state index in [-0.39, 0.29) is 24.0 Å². The van der Waals surface area contributed by atoms with E-state index in [9.17, 15) is 14.0 Å². The Morgan fingerprint density at radius 3 is 2.22 bits per heavy atom. The number of ether oxygens (including phenoxy) is 1. The van der Waals surface area contributed by atoms with Crippen molar-refractivity contribution in [1.29, 1.82) is 0 Å². The Kier molecular flexibility index (Phi) is 11.2. The van der Waals surface area contributed by atoms with Crippen LogP contribution in [0.1, 0.15) is 71.5 Å². The van der Waals surface area contributed by atoms with Crippen LogP contribution in [0.4, 0.5) is 4.39 Å². The Bertz CT molecular complexity index is 1430. The van der Waals surface area contributed by atoms with Crippen LogP contribution in [0, 0.1) is 6.92 Å². The zero-order valence-corrected chi connectivity index (χ0v) is 27.9. The highest BCUT2D eigenvalue weighted by Crippen LogP contribution is 2.28. The fourth-order valence-electron chi connectivity index (χ4n) is 5.40. The number of likely N-dealkylation sites (tertiary alicyclic amines) is 2. The number of rotatable bonds is 11. The van der Waals surface area contributed by atoms with Crippen molar-refractivity contribution in [3.63, 3.8) is 0 Å². The van der Waals surface area contributed by atoms with Gasteiger partial charge in [0, 0.05) is 64.9 Å². The molecule has 1 aromatic heterocycles. The normalized spacial score (nSPS) is 16.8. The molecule has 46 heavy (non-hydrogen) atoms. The summed E-state index contributed by atoms with van der Waals surface area (Å²) in [6.45, 7) is 8.93. The van der Waals surface area contributed by atoms with Gasteiger partial charge in [0.15, 0.2) is 5.79 Å². The number of hydrogen-bond acceptors (Lipinski definition) is 8. The van der Waals surface area contributed by atoms with E-state index in [2.05, 4.69) is 46.4 Å².